The summed E-state index contributed by atoms with van der Waals surface area (Å²) in [6.07, 6.45) is 0.476. The smallest absolute Gasteiger partial charge is 0.306 e. The minimum absolute atomic E-state index is 0.0336. The molecule has 182 valence electrons. The zero-order valence-electron chi connectivity index (χ0n) is 19.0. The molecule has 0 unspecified atom stereocenters. The predicted molar refractivity (Wildman–Crippen MR) is 139 cm³/mol. The number of amides is 2. The van der Waals surface area contributed by atoms with Gasteiger partial charge < -0.3 is 20.1 Å². The highest BCUT2D eigenvalue weighted by Gasteiger charge is 2.11. The molecule has 9 heteroatoms. The number of hydrogen-bond donors (Lipinski definition) is 2. The molecule has 2 N–H and O–H groups in total. The van der Waals surface area contributed by atoms with E-state index in [0.717, 1.165) is 10.0 Å². The van der Waals surface area contributed by atoms with Gasteiger partial charge in [0, 0.05) is 33.7 Å². The Morgan fingerprint density at radius 1 is 0.857 bits per heavy atom. The molecule has 0 heterocycles. The van der Waals surface area contributed by atoms with E-state index in [2.05, 4.69) is 26.6 Å². The number of nitrogens with one attached hydrogen (secondary N) is 2. The molecule has 0 saturated heterocycles. The van der Waals surface area contributed by atoms with Gasteiger partial charge in [0.15, 0.2) is 6.61 Å². The van der Waals surface area contributed by atoms with Crippen LogP contribution in [0.3, 0.4) is 0 Å². The first-order valence-corrected chi connectivity index (χ1v) is 12.0. The molecule has 7 nitrogen and oxygen atoms in total. The Balaban J connectivity index is 1.33. The van der Waals surface area contributed by atoms with Crippen LogP contribution < -0.4 is 15.4 Å². The summed E-state index contributed by atoms with van der Waals surface area (Å²) < 4.78 is 11.6. The Morgan fingerprint density at radius 3 is 2.17 bits per heavy atom. The summed E-state index contributed by atoms with van der Waals surface area (Å²) in [7, 11) is 0. The van der Waals surface area contributed by atoms with Crippen molar-refractivity contribution >= 4 is 56.7 Å². The molecule has 35 heavy (non-hydrogen) atoms. The third kappa shape index (κ3) is 9.07. The maximum Gasteiger partial charge on any atom is 0.306 e. The quantitative estimate of drug-likeness (QED) is 0.277. The number of carbonyl (C=O) groups excluding carboxylic acids is 3. The van der Waals surface area contributed by atoms with Gasteiger partial charge in [-0.05, 0) is 85.6 Å². The number of carbonyl (C=O) groups is 3. The molecule has 2 amide bonds. The number of esters is 1. The first-order chi connectivity index (χ1) is 16.8. The van der Waals surface area contributed by atoms with E-state index in [1.807, 2.05) is 19.1 Å². The molecule has 0 aromatic heterocycles. The Kier molecular flexibility index (Phi) is 9.69. The fourth-order valence-electron chi connectivity index (χ4n) is 3.03. The van der Waals surface area contributed by atoms with Crippen molar-refractivity contribution in [2.24, 2.45) is 0 Å². The number of anilines is 2. The van der Waals surface area contributed by atoms with E-state index < -0.39 is 11.9 Å². The topological polar surface area (TPSA) is 93.7 Å². The SMILES string of the molecule is Cc1cc(Br)ccc1NC(=O)COC(=O)CCCC(=O)Nc1ccc(Oc2ccc(Cl)cc2)cc1. The van der Waals surface area contributed by atoms with Crippen molar-refractivity contribution in [3.63, 3.8) is 0 Å². The molecule has 0 saturated carbocycles. The van der Waals surface area contributed by atoms with Crippen molar-refractivity contribution in [3.05, 3.63) is 81.8 Å². The second-order valence-corrected chi connectivity index (χ2v) is 9.00. The lowest BCUT2D eigenvalue weighted by Crippen LogP contribution is -2.21. The molecule has 3 rings (SSSR count). The minimum atomic E-state index is -0.538. The highest BCUT2D eigenvalue weighted by molar-refractivity contribution is 9.10. The van der Waals surface area contributed by atoms with Crippen LogP contribution in [0.4, 0.5) is 11.4 Å². The van der Waals surface area contributed by atoms with Crippen LogP contribution in [0, 0.1) is 6.92 Å². The number of ether oxygens (including phenoxy) is 2. The van der Waals surface area contributed by atoms with Gasteiger partial charge in [-0.3, -0.25) is 14.4 Å². The zero-order chi connectivity index (χ0) is 25.2. The summed E-state index contributed by atoms with van der Waals surface area (Å²) in [5.41, 5.74) is 2.14. The molecule has 0 bridgehead atoms. The monoisotopic (exact) mass is 558 g/mol. The number of halogens is 2. The third-order valence-corrected chi connectivity index (χ3v) is 5.54. The van der Waals surface area contributed by atoms with Crippen molar-refractivity contribution in [1.82, 2.24) is 0 Å². The highest BCUT2D eigenvalue weighted by Crippen LogP contribution is 2.24. The second-order valence-electron chi connectivity index (χ2n) is 7.65. The molecular weight excluding hydrogens is 536 g/mol. The maximum absolute atomic E-state index is 12.2. The van der Waals surface area contributed by atoms with E-state index >= 15 is 0 Å². The molecule has 0 aliphatic heterocycles. The van der Waals surface area contributed by atoms with Crippen LogP contribution in [-0.4, -0.2) is 24.4 Å². The van der Waals surface area contributed by atoms with E-state index in [-0.39, 0.29) is 25.4 Å². The van der Waals surface area contributed by atoms with Crippen molar-refractivity contribution in [2.75, 3.05) is 17.2 Å². The molecular formula is C26H24BrClN2O5. The van der Waals surface area contributed by atoms with Gasteiger partial charge in [0.2, 0.25) is 5.91 Å². The van der Waals surface area contributed by atoms with Gasteiger partial charge in [0.1, 0.15) is 11.5 Å². The van der Waals surface area contributed by atoms with Crippen molar-refractivity contribution in [3.8, 4) is 11.5 Å². The average molecular weight is 560 g/mol. The second kappa shape index (κ2) is 12.9. The van der Waals surface area contributed by atoms with E-state index in [1.165, 1.54) is 0 Å². The van der Waals surface area contributed by atoms with Crippen LogP contribution in [0.1, 0.15) is 24.8 Å². The highest BCUT2D eigenvalue weighted by atomic mass is 79.9. The van der Waals surface area contributed by atoms with Gasteiger partial charge in [-0.2, -0.15) is 0 Å². The summed E-state index contributed by atoms with van der Waals surface area (Å²) in [4.78, 5) is 36.0. The van der Waals surface area contributed by atoms with Crippen molar-refractivity contribution < 1.29 is 23.9 Å². The van der Waals surface area contributed by atoms with Crippen LogP contribution in [-0.2, 0) is 19.1 Å². The molecule has 0 radical (unpaired) electrons. The number of aryl methyl sites for hydroxylation is 1. The predicted octanol–water partition coefficient (Wildman–Crippen LogP) is 6.49. The lowest BCUT2D eigenvalue weighted by atomic mass is 10.2. The van der Waals surface area contributed by atoms with Gasteiger partial charge in [-0.15, -0.1) is 0 Å². The molecule has 0 spiro atoms. The van der Waals surface area contributed by atoms with E-state index in [1.54, 1.807) is 54.6 Å². The van der Waals surface area contributed by atoms with Gasteiger partial charge in [0.25, 0.3) is 5.91 Å². The summed E-state index contributed by atoms with van der Waals surface area (Å²) in [6, 6.07) is 19.4. The third-order valence-electron chi connectivity index (χ3n) is 4.80. The first-order valence-electron chi connectivity index (χ1n) is 10.8. The Labute approximate surface area is 216 Å². The summed E-state index contributed by atoms with van der Waals surface area (Å²) in [5.74, 6) is 0.0770. The van der Waals surface area contributed by atoms with Gasteiger partial charge in [0.05, 0.1) is 0 Å². The van der Waals surface area contributed by atoms with Crippen molar-refractivity contribution in [1.29, 1.82) is 0 Å². The molecule has 3 aromatic carbocycles. The van der Waals surface area contributed by atoms with Gasteiger partial charge in [-0.1, -0.05) is 27.5 Å². The summed E-state index contributed by atoms with van der Waals surface area (Å²) in [5, 5.41) is 6.09. The van der Waals surface area contributed by atoms with Gasteiger partial charge >= 0.3 is 5.97 Å². The Bertz CT molecular complexity index is 1180. The first kappa shape index (κ1) is 26.2. The summed E-state index contributed by atoms with van der Waals surface area (Å²) >= 11 is 9.22. The van der Waals surface area contributed by atoms with E-state index in [0.29, 0.717) is 34.3 Å². The molecule has 0 aliphatic carbocycles. The minimum Gasteiger partial charge on any atom is -0.457 e. The largest absolute Gasteiger partial charge is 0.457 e. The number of benzene rings is 3. The fourth-order valence-corrected chi connectivity index (χ4v) is 3.64. The van der Waals surface area contributed by atoms with Crippen molar-refractivity contribution in [2.45, 2.75) is 26.2 Å². The van der Waals surface area contributed by atoms with Crippen LogP contribution in [0.15, 0.2) is 71.2 Å². The van der Waals surface area contributed by atoms with E-state index in [9.17, 15) is 14.4 Å². The van der Waals surface area contributed by atoms with Crippen LogP contribution in [0.5, 0.6) is 11.5 Å². The lowest BCUT2D eigenvalue weighted by Gasteiger charge is -2.10. The maximum atomic E-state index is 12.2. The Morgan fingerprint density at radius 2 is 1.51 bits per heavy atom. The fraction of sp³-hybridized carbons (Fsp3) is 0.192. The average Bonchev–Trinajstić information content (AvgIpc) is 2.82. The van der Waals surface area contributed by atoms with Crippen LogP contribution >= 0.6 is 27.5 Å². The summed E-state index contributed by atoms with van der Waals surface area (Å²) in [6.45, 7) is 1.48. The molecule has 0 fully saturated rings. The van der Waals surface area contributed by atoms with Crippen LogP contribution in [0.25, 0.3) is 0 Å². The lowest BCUT2D eigenvalue weighted by molar-refractivity contribution is -0.147. The molecule has 3 aromatic rings. The number of rotatable bonds is 10. The molecule has 0 aliphatic rings. The van der Waals surface area contributed by atoms with Crippen LogP contribution in [0.2, 0.25) is 5.02 Å². The standard InChI is InChI=1S/C26H24BrClN2O5/c1-17-15-18(27)5-14-23(17)30-25(32)16-34-26(33)4-2-3-24(31)29-20-8-12-22(13-9-20)35-21-10-6-19(28)7-11-21/h5-15H,2-4,16H2,1H3,(H,29,31)(H,30,32). The van der Waals surface area contributed by atoms with E-state index in [4.69, 9.17) is 21.1 Å². The normalized spacial score (nSPS) is 10.4. The Hall–Kier alpha value is -3.36. The van der Waals surface area contributed by atoms with Gasteiger partial charge in [-0.25, -0.2) is 0 Å². The molecule has 0 atom stereocenters. The zero-order valence-corrected chi connectivity index (χ0v) is 21.3. The number of hydrogen-bond acceptors (Lipinski definition) is 5.